The monoisotopic (exact) mass is 237 g/mol. The van der Waals surface area contributed by atoms with E-state index in [0.29, 0.717) is 0 Å². The minimum atomic E-state index is 0.749. The molecule has 0 spiro atoms. The van der Waals surface area contributed by atoms with Gasteiger partial charge in [-0.2, -0.15) is 0 Å². The second-order valence-electron chi connectivity index (χ2n) is 5.06. The van der Waals surface area contributed by atoms with Gasteiger partial charge in [0.1, 0.15) is 10.0 Å². The van der Waals surface area contributed by atoms with Crippen molar-refractivity contribution >= 4 is 11.3 Å². The summed E-state index contributed by atoms with van der Waals surface area (Å²) in [6, 6.07) is 0. The van der Waals surface area contributed by atoms with E-state index in [9.17, 15) is 0 Å². The van der Waals surface area contributed by atoms with Crippen molar-refractivity contribution in [3.8, 4) is 0 Å². The SMILES string of the molecule is C1CC(c2nnc(CC3CCNCC3)s2)C1. The van der Waals surface area contributed by atoms with Gasteiger partial charge in [0.25, 0.3) is 0 Å². The molecule has 1 N–H and O–H groups in total. The van der Waals surface area contributed by atoms with Crippen molar-refractivity contribution in [3.63, 3.8) is 0 Å². The predicted molar refractivity (Wildman–Crippen MR) is 65.8 cm³/mol. The van der Waals surface area contributed by atoms with Gasteiger partial charge in [0, 0.05) is 12.3 Å². The molecular formula is C12H19N3S. The number of piperidine rings is 1. The molecule has 1 aliphatic heterocycles. The van der Waals surface area contributed by atoms with Crippen LogP contribution in [0.2, 0.25) is 0 Å². The molecule has 88 valence electrons. The van der Waals surface area contributed by atoms with Crippen LogP contribution >= 0.6 is 11.3 Å². The summed E-state index contributed by atoms with van der Waals surface area (Å²) in [5.74, 6) is 1.59. The van der Waals surface area contributed by atoms with Crippen LogP contribution in [0.25, 0.3) is 0 Å². The molecule has 0 bridgehead atoms. The van der Waals surface area contributed by atoms with Gasteiger partial charge in [-0.3, -0.25) is 0 Å². The van der Waals surface area contributed by atoms with Crippen molar-refractivity contribution in [3.05, 3.63) is 10.0 Å². The van der Waals surface area contributed by atoms with E-state index >= 15 is 0 Å². The van der Waals surface area contributed by atoms with Crippen molar-refractivity contribution in [2.45, 2.75) is 44.4 Å². The number of nitrogens with one attached hydrogen (secondary N) is 1. The van der Waals surface area contributed by atoms with Crippen molar-refractivity contribution in [1.29, 1.82) is 0 Å². The molecule has 16 heavy (non-hydrogen) atoms. The van der Waals surface area contributed by atoms with Crippen LogP contribution < -0.4 is 5.32 Å². The third-order valence-corrected chi connectivity index (χ3v) is 4.97. The molecule has 1 saturated heterocycles. The Kier molecular flexibility index (Phi) is 3.20. The zero-order valence-electron chi connectivity index (χ0n) is 9.61. The summed E-state index contributed by atoms with van der Waals surface area (Å²) in [5.41, 5.74) is 0. The third kappa shape index (κ3) is 2.28. The second-order valence-corrected chi connectivity index (χ2v) is 6.15. The molecule has 0 atom stereocenters. The lowest BCUT2D eigenvalue weighted by atomic mass is 9.86. The van der Waals surface area contributed by atoms with Crippen LogP contribution in [0.15, 0.2) is 0 Å². The molecule has 4 heteroatoms. The molecule has 0 radical (unpaired) electrons. The molecule has 2 heterocycles. The van der Waals surface area contributed by atoms with Crippen LogP contribution in [-0.4, -0.2) is 23.3 Å². The van der Waals surface area contributed by atoms with E-state index in [4.69, 9.17) is 0 Å². The normalized spacial score (nSPS) is 23.2. The zero-order chi connectivity index (χ0) is 10.8. The van der Waals surface area contributed by atoms with E-state index in [2.05, 4.69) is 15.5 Å². The molecule has 0 amide bonds. The summed E-state index contributed by atoms with van der Waals surface area (Å²) >= 11 is 1.87. The van der Waals surface area contributed by atoms with Gasteiger partial charge in [0.15, 0.2) is 0 Å². The van der Waals surface area contributed by atoms with E-state index in [0.717, 1.165) is 18.3 Å². The van der Waals surface area contributed by atoms with Gasteiger partial charge in [-0.25, -0.2) is 0 Å². The molecule has 0 aromatic carbocycles. The molecular weight excluding hydrogens is 218 g/mol. The van der Waals surface area contributed by atoms with Crippen LogP contribution in [-0.2, 0) is 6.42 Å². The first-order valence-corrected chi connectivity index (χ1v) is 7.26. The first kappa shape index (κ1) is 10.7. The fourth-order valence-electron chi connectivity index (χ4n) is 2.50. The molecule has 3 rings (SSSR count). The highest BCUT2D eigenvalue weighted by Crippen LogP contribution is 2.38. The summed E-state index contributed by atoms with van der Waals surface area (Å²) in [6.07, 6.45) is 7.82. The third-order valence-electron chi connectivity index (χ3n) is 3.86. The highest BCUT2D eigenvalue weighted by molar-refractivity contribution is 7.11. The van der Waals surface area contributed by atoms with Crippen LogP contribution in [0, 0.1) is 5.92 Å². The Balaban J connectivity index is 1.58. The minimum Gasteiger partial charge on any atom is -0.317 e. The number of aromatic nitrogens is 2. The molecule has 2 fully saturated rings. The maximum absolute atomic E-state index is 4.36. The summed E-state index contributed by atoms with van der Waals surface area (Å²) < 4.78 is 0. The Morgan fingerprint density at radius 1 is 1.12 bits per heavy atom. The summed E-state index contributed by atoms with van der Waals surface area (Å²) in [4.78, 5) is 0. The number of rotatable bonds is 3. The molecule has 3 nitrogen and oxygen atoms in total. The topological polar surface area (TPSA) is 37.8 Å². The number of hydrogen-bond donors (Lipinski definition) is 1. The van der Waals surface area contributed by atoms with Crippen LogP contribution in [0.3, 0.4) is 0 Å². The van der Waals surface area contributed by atoms with Crippen molar-refractivity contribution in [1.82, 2.24) is 15.5 Å². The lowest BCUT2D eigenvalue weighted by Crippen LogP contribution is -2.28. The average Bonchev–Trinajstić information content (AvgIpc) is 2.65. The summed E-state index contributed by atoms with van der Waals surface area (Å²) in [5, 5.41) is 14.7. The quantitative estimate of drug-likeness (QED) is 0.877. The van der Waals surface area contributed by atoms with E-state index in [1.807, 2.05) is 11.3 Å². The molecule has 2 aliphatic rings. The Labute approximate surface area is 101 Å². The van der Waals surface area contributed by atoms with E-state index in [1.54, 1.807) is 0 Å². The molecule has 0 unspecified atom stereocenters. The first-order valence-electron chi connectivity index (χ1n) is 6.45. The average molecular weight is 237 g/mol. The van der Waals surface area contributed by atoms with E-state index in [1.165, 1.54) is 55.2 Å². The van der Waals surface area contributed by atoms with Gasteiger partial charge in [0.05, 0.1) is 0 Å². The Morgan fingerprint density at radius 2 is 1.94 bits per heavy atom. The summed E-state index contributed by atoms with van der Waals surface area (Å²) in [7, 11) is 0. The largest absolute Gasteiger partial charge is 0.317 e. The molecule has 1 aromatic heterocycles. The number of hydrogen-bond acceptors (Lipinski definition) is 4. The van der Waals surface area contributed by atoms with Gasteiger partial charge in [-0.15, -0.1) is 21.5 Å². The van der Waals surface area contributed by atoms with Gasteiger partial charge in [-0.1, -0.05) is 6.42 Å². The van der Waals surface area contributed by atoms with E-state index in [-0.39, 0.29) is 0 Å². The Morgan fingerprint density at radius 3 is 2.62 bits per heavy atom. The lowest BCUT2D eigenvalue weighted by molar-refractivity contribution is 0.371. The van der Waals surface area contributed by atoms with Crippen LogP contribution in [0.5, 0.6) is 0 Å². The fourth-order valence-corrected chi connectivity index (χ4v) is 3.63. The van der Waals surface area contributed by atoms with Gasteiger partial charge >= 0.3 is 0 Å². The van der Waals surface area contributed by atoms with E-state index < -0.39 is 0 Å². The van der Waals surface area contributed by atoms with Gasteiger partial charge < -0.3 is 5.32 Å². The maximum Gasteiger partial charge on any atom is 0.120 e. The van der Waals surface area contributed by atoms with Gasteiger partial charge in [-0.05, 0) is 44.7 Å². The van der Waals surface area contributed by atoms with Crippen LogP contribution in [0.4, 0.5) is 0 Å². The Bertz CT molecular complexity index is 340. The molecule has 1 saturated carbocycles. The van der Waals surface area contributed by atoms with Crippen molar-refractivity contribution in [2.24, 2.45) is 5.92 Å². The van der Waals surface area contributed by atoms with Gasteiger partial charge in [0.2, 0.25) is 0 Å². The smallest absolute Gasteiger partial charge is 0.120 e. The molecule has 1 aliphatic carbocycles. The maximum atomic E-state index is 4.36. The first-order chi connectivity index (χ1) is 7.92. The highest BCUT2D eigenvalue weighted by Gasteiger charge is 2.24. The zero-order valence-corrected chi connectivity index (χ0v) is 10.4. The number of nitrogens with zero attached hydrogens (tertiary/aromatic N) is 2. The highest BCUT2D eigenvalue weighted by atomic mass is 32.1. The van der Waals surface area contributed by atoms with Crippen LogP contribution in [0.1, 0.15) is 48.0 Å². The van der Waals surface area contributed by atoms with Crippen molar-refractivity contribution < 1.29 is 0 Å². The predicted octanol–water partition coefficient (Wildman–Crippen LogP) is 2.35. The minimum absolute atomic E-state index is 0.749. The summed E-state index contributed by atoms with van der Waals surface area (Å²) in [6.45, 7) is 2.36. The Hall–Kier alpha value is -0.480. The second kappa shape index (κ2) is 4.80. The lowest BCUT2D eigenvalue weighted by Gasteiger charge is -2.22. The van der Waals surface area contributed by atoms with Crippen molar-refractivity contribution in [2.75, 3.05) is 13.1 Å². The molecule has 1 aromatic rings. The fraction of sp³-hybridized carbons (Fsp3) is 0.833. The standard InChI is InChI=1S/C12H19N3S/c1-2-10(3-1)12-15-14-11(16-12)8-9-4-6-13-7-5-9/h9-10,13H,1-8H2.